The number of rotatable bonds is 41. The van der Waals surface area contributed by atoms with E-state index in [-0.39, 0.29) is 92.9 Å². The van der Waals surface area contributed by atoms with Gasteiger partial charge < -0.3 is 112 Å². The summed E-state index contributed by atoms with van der Waals surface area (Å²) < 4.78 is 0. The predicted octanol–water partition coefficient (Wildman–Crippen LogP) is -6.60. The minimum atomic E-state index is -2.02. The van der Waals surface area contributed by atoms with Gasteiger partial charge in [-0.1, -0.05) is 52.0 Å². The Labute approximate surface area is 551 Å². The average Bonchev–Trinajstić information content (AvgIpc) is 1.79. The van der Waals surface area contributed by atoms with Crippen LogP contribution in [0.5, 0.6) is 11.5 Å². The monoisotopic (exact) mass is 1350 g/mol. The number of carboxylic acids is 2. The van der Waals surface area contributed by atoms with Crippen molar-refractivity contribution in [3.8, 4) is 11.5 Å². The maximum Gasteiger partial charge on any atom is 0.326 e. The lowest BCUT2D eigenvalue weighted by Crippen LogP contribution is -2.61. The number of carbonyl (C=O) groups excluding carboxylic acids is 12. The molecule has 0 spiro atoms. The molecule has 1 saturated heterocycles. The third-order valence-electron chi connectivity index (χ3n) is 14.8. The Balaban J connectivity index is 1.89. The number of phenols is 2. The van der Waals surface area contributed by atoms with Crippen LogP contribution in [0.25, 0.3) is 0 Å². The smallest absolute Gasteiger partial charge is 0.326 e. The van der Waals surface area contributed by atoms with E-state index in [0.29, 0.717) is 5.56 Å². The highest BCUT2D eigenvalue weighted by Crippen LogP contribution is 2.20. The molecular weight excluding hydrogens is 1260 g/mol. The minimum Gasteiger partial charge on any atom is -0.508 e. The van der Waals surface area contributed by atoms with Crippen LogP contribution in [0.15, 0.2) is 53.5 Å². The van der Waals surface area contributed by atoms with Crippen molar-refractivity contribution in [3.63, 3.8) is 0 Å². The van der Waals surface area contributed by atoms with Crippen LogP contribution in [-0.2, 0) is 80.0 Å². The SMILES string of the molecule is CC(C)C[C@H](NC(=O)[C@H](CC(N)=O)NC(=O)[C@H](CCC(=O)O)NC(=O)[C@H](Cc1ccc(O)cc1)NC(=O)[C@H](CC(N)=O)NC(=O)[C@H](CO)NC(=O)[C@@H]1CCCN1C(=O)[C@H](CO)NC(=O)[C@H](CCCN=C(N)N)NC(=O)[C@H](Cc1ccc(O)cc1)NC(=O)[C@@H](N)CC(C)C)C(=O)O. The number of aliphatic hydroxyl groups is 2. The normalized spacial score (nSPS) is 15.8. The van der Waals surface area contributed by atoms with Crippen LogP contribution in [0, 0.1) is 11.8 Å². The first-order valence-corrected chi connectivity index (χ1v) is 30.8. The van der Waals surface area contributed by atoms with Gasteiger partial charge in [-0.25, -0.2) is 4.79 Å². The first kappa shape index (κ1) is 80.0. The van der Waals surface area contributed by atoms with E-state index in [4.69, 9.17) is 28.7 Å². The number of hydrogen-bond acceptors (Lipinski definition) is 20. The number of benzene rings is 2. The van der Waals surface area contributed by atoms with E-state index in [1.54, 1.807) is 13.8 Å². The number of amides is 12. The lowest BCUT2D eigenvalue weighted by molar-refractivity contribution is -0.143. The zero-order valence-electron chi connectivity index (χ0n) is 53.6. The summed E-state index contributed by atoms with van der Waals surface area (Å²) in [6.07, 6.45) is -3.89. The third-order valence-corrected chi connectivity index (χ3v) is 14.8. The first-order chi connectivity index (χ1) is 45.1. The standard InChI is InChI=1S/C60H90N16O20/c1-29(2)21-35(61)49(85)69-38(23-31-9-13-33(79)14-10-31)52(88)67-36(7-5-19-66-60(64)65)50(86)75-44(28-78)58(94)76-20-6-8-45(76)57(93)74-43(27-77)56(92)72-40(25-46(62)81)54(90)70-39(24-32-11-15-34(80)16-12-32)53(89)68-37(17-18-48(83)84)51(87)71-41(26-47(63)82)55(91)73-42(59(95)96)22-30(3)4/h9-16,29-30,35-45,77-80H,5-8,17-28,61H2,1-4H3,(H2,62,81)(H2,63,82)(H,67,88)(H,68,89)(H,69,85)(H,70,90)(H,71,87)(H,72,92)(H,73,91)(H,74,93)(H,75,86)(H,83,84)(H,95,96)(H4,64,65,66)/t35-,36-,37-,38-,39-,40-,41-,42-,43-,44-,45-/m0/s1. The molecule has 1 aliphatic rings. The molecule has 0 unspecified atom stereocenters. The Kier molecular flexibility index (Phi) is 32.9. The summed E-state index contributed by atoms with van der Waals surface area (Å²) in [6, 6.07) is -7.35. The summed E-state index contributed by atoms with van der Waals surface area (Å²) in [5, 5.41) is 81.2. The molecule has 36 heteroatoms. The molecule has 0 aromatic heterocycles. The summed E-state index contributed by atoms with van der Waals surface area (Å²) in [6.45, 7) is 4.57. The van der Waals surface area contributed by atoms with Crippen molar-refractivity contribution >= 4 is 88.8 Å². The summed E-state index contributed by atoms with van der Waals surface area (Å²) >= 11 is 0. The van der Waals surface area contributed by atoms with Gasteiger partial charge in [0.15, 0.2) is 5.96 Å². The average molecular weight is 1360 g/mol. The number of guanidine groups is 1. The molecule has 0 saturated carbocycles. The Morgan fingerprint density at radius 1 is 0.510 bits per heavy atom. The van der Waals surface area contributed by atoms with Gasteiger partial charge in [-0.3, -0.25) is 67.3 Å². The van der Waals surface area contributed by atoms with E-state index in [0.717, 1.165) is 4.90 Å². The van der Waals surface area contributed by atoms with E-state index >= 15 is 0 Å². The number of hydrogen-bond donors (Lipinski definition) is 20. The second-order valence-corrected chi connectivity index (χ2v) is 23.8. The fourth-order valence-corrected chi connectivity index (χ4v) is 9.93. The number of nitrogens with one attached hydrogen (secondary N) is 9. The maximum atomic E-state index is 14.3. The topological polar surface area (TPSA) is 614 Å². The van der Waals surface area contributed by atoms with E-state index in [1.807, 2.05) is 13.8 Å². The molecular formula is C60H90N16O20. The van der Waals surface area contributed by atoms with Gasteiger partial charge in [-0.05, 0) is 92.2 Å². The molecule has 12 amide bonds. The van der Waals surface area contributed by atoms with Gasteiger partial charge >= 0.3 is 11.9 Å². The predicted molar refractivity (Wildman–Crippen MR) is 339 cm³/mol. The zero-order valence-corrected chi connectivity index (χ0v) is 53.6. The van der Waals surface area contributed by atoms with Crippen LogP contribution in [0.4, 0.5) is 0 Å². The van der Waals surface area contributed by atoms with Crippen molar-refractivity contribution < 1.29 is 97.8 Å². The number of carboxylic acid groups (broad SMARTS) is 2. The molecule has 25 N–H and O–H groups in total. The van der Waals surface area contributed by atoms with E-state index in [9.17, 15) is 97.8 Å². The van der Waals surface area contributed by atoms with Gasteiger partial charge in [-0.15, -0.1) is 0 Å². The summed E-state index contributed by atoms with van der Waals surface area (Å²) in [7, 11) is 0. The van der Waals surface area contributed by atoms with Gasteiger partial charge in [0.2, 0.25) is 70.9 Å². The number of aliphatic carboxylic acids is 2. The molecule has 0 bridgehead atoms. The molecule has 3 rings (SSSR count). The van der Waals surface area contributed by atoms with Crippen molar-refractivity contribution in [1.82, 2.24) is 52.8 Å². The van der Waals surface area contributed by atoms with E-state index < -0.39 is 195 Å². The largest absolute Gasteiger partial charge is 0.508 e. The first-order valence-electron chi connectivity index (χ1n) is 30.8. The Morgan fingerprint density at radius 3 is 1.33 bits per heavy atom. The van der Waals surface area contributed by atoms with E-state index in [2.05, 4.69) is 52.8 Å². The molecule has 0 aliphatic carbocycles. The van der Waals surface area contributed by atoms with Gasteiger partial charge in [0, 0.05) is 32.4 Å². The Hall–Kier alpha value is -10.2. The number of nitrogens with two attached hydrogens (primary N) is 5. The second-order valence-electron chi connectivity index (χ2n) is 23.8. The van der Waals surface area contributed by atoms with Crippen LogP contribution >= 0.6 is 0 Å². The number of aromatic hydroxyl groups is 2. The van der Waals surface area contributed by atoms with Gasteiger partial charge in [0.05, 0.1) is 32.1 Å². The second kappa shape index (κ2) is 39.5. The number of carbonyl (C=O) groups is 14. The lowest BCUT2D eigenvalue weighted by atomic mass is 10.0. The van der Waals surface area contributed by atoms with Crippen LogP contribution in [-0.4, -0.2) is 217 Å². The number of likely N-dealkylation sites (tertiary alicyclic amines) is 1. The van der Waals surface area contributed by atoms with Gasteiger partial charge in [0.1, 0.15) is 71.9 Å². The number of nitrogens with zero attached hydrogens (tertiary/aromatic N) is 2. The summed E-state index contributed by atoms with van der Waals surface area (Å²) in [4.78, 5) is 193. The molecule has 2 aromatic carbocycles. The van der Waals surface area contributed by atoms with Crippen LogP contribution in [0.2, 0.25) is 0 Å². The highest BCUT2D eigenvalue weighted by Gasteiger charge is 2.41. The number of aliphatic imine (C=N–C) groups is 1. The Morgan fingerprint density at radius 2 is 0.906 bits per heavy atom. The van der Waals surface area contributed by atoms with Gasteiger partial charge in [-0.2, -0.15) is 0 Å². The highest BCUT2D eigenvalue weighted by atomic mass is 16.4. The number of aliphatic hydroxyl groups excluding tert-OH is 2. The molecule has 36 nitrogen and oxygen atoms in total. The van der Waals surface area contributed by atoms with Crippen molar-refractivity contribution in [2.75, 3.05) is 26.3 Å². The fourth-order valence-electron chi connectivity index (χ4n) is 9.93. The maximum absolute atomic E-state index is 14.3. The molecule has 2 aromatic rings. The van der Waals surface area contributed by atoms with Crippen molar-refractivity contribution in [3.05, 3.63) is 59.7 Å². The molecule has 96 heavy (non-hydrogen) atoms. The number of phenolic OH excluding ortho intramolecular Hbond substituents is 2. The van der Waals surface area contributed by atoms with Crippen molar-refractivity contribution in [2.24, 2.45) is 45.5 Å². The van der Waals surface area contributed by atoms with Crippen molar-refractivity contribution in [1.29, 1.82) is 0 Å². The minimum absolute atomic E-state index is 0.000166. The highest BCUT2D eigenvalue weighted by molar-refractivity contribution is 6.00. The van der Waals surface area contributed by atoms with Crippen LogP contribution in [0.1, 0.15) is 103 Å². The Bertz CT molecular complexity index is 3090. The molecule has 0 radical (unpaired) electrons. The molecule has 1 fully saturated rings. The molecule has 530 valence electrons. The van der Waals surface area contributed by atoms with Gasteiger partial charge in [0.25, 0.3) is 0 Å². The third kappa shape index (κ3) is 27.8. The fraction of sp³-hybridized carbons (Fsp3) is 0.550. The quantitative estimate of drug-likeness (QED) is 0.0167. The van der Waals surface area contributed by atoms with Crippen LogP contribution in [0.3, 0.4) is 0 Å². The molecule has 1 heterocycles. The summed E-state index contributed by atoms with van der Waals surface area (Å²) in [5.41, 5.74) is 28.6. The van der Waals surface area contributed by atoms with Crippen molar-refractivity contribution in [2.45, 2.75) is 171 Å². The summed E-state index contributed by atoms with van der Waals surface area (Å²) in [5.74, 6) is -17.1. The van der Waals surface area contributed by atoms with E-state index in [1.165, 1.54) is 48.5 Å². The molecule has 1 aliphatic heterocycles. The lowest BCUT2D eigenvalue weighted by Gasteiger charge is -2.30. The zero-order chi connectivity index (χ0) is 72.1. The molecule has 11 atom stereocenters. The number of primary amides is 2. The van der Waals surface area contributed by atoms with Crippen LogP contribution < -0.4 is 76.5 Å².